The lowest BCUT2D eigenvalue weighted by Gasteiger charge is -2.22. The van der Waals surface area contributed by atoms with Crippen LogP contribution in [-0.2, 0) is 9.59 Å². The number of amides is 2. The van der Waals surface area contributed by atoms with E-state index in [2.05, 4.69) is 10.3 Å². The van der Waals surface area contributed by atoms with E-state index in [0.717, 1.165) is 6.07 Å². The highest BCUT2D eigenvalue weighted by Gasteiger charge is 2.30. The molecule has 1 aliphatic heterocycles. The van der Waals surface area contributed by atoms with E-state index in [1.807, 2.05) is 0 Å². The molecular weight excluding hydrogens is 288 g/mol. The first-order valence-corrected chi connectivity index (χ1v) is 6.32. The summed E-state index contributed by atoms with van der Waals surface area (Å²) in [7, 11) is 0. The Morgan fingerprint density at radius 2 is 2.05 bits per heavy atom. The number of benzene rings is 1. The molecule has 0 radical (unpaired) electrons. The Hall–Kier alpha value is -2.09. The van der Waals surface area contributed by atoms with Crippen LogP contribution in [0.1, 0.15) is 18.9 Å². The van der Waals surface area contributed by atoms with Crippen LogP contribution < -0.4 is 5.32 Å². The average molecular weight is 297 g/mol. The molecule has 0 bridgehead atoms. The van der Waals surface area contributed by atoms with Gasteiger partial charge >= 0.3 is 0 Å². The minimum Gasteiger partial charge on any atom is -0.330 e. The molecule has 0 aliphatic carbocycles. The molecule has 2 aromatic rings. The van der Waals surface area contributed by atoms with Gasteiger partial charge in [0.25, 0.3) is 0 Å². The highest BCUT2D eigenvalue weighted by atomic mass is 32.1. The van der Waals surface area contributed by atoms with Crippen LogP contribution in [-0.4, -0.2) is 21.4 Å². The van der Waals surface area contributed by atoms with Crippen LogP contribution in [0.5, 0.6) is 0 Å². The lowest BCUT2D eigenvalue weighted by Crippen LogP contribution is -2.41. The number of fused-ring (bicyclic) bond motifs is 1. The van der Waals surface area contributed by atoms with Crippen LogP contribution in [0.4, 0.5) is 8.78 Å². The zero-order valence-corrected chi connectivity index (χ0v) is 10.9. The number of carbonyl (C=O) groups is 2. The summed E-state index contributed by atoms with van der Waals surface area (Å²) in [4.78, 5) is 25.7. The number of imidazole rings is 1. The Morgan fingerprint density at radius 1 is 1.30 bits per heavy atom. The van der Waals surface area contributed by atoms with E-state index in [-0.39, 0.29) is 29.0 Å². The van der Waals surface area contributed by atoms with Gasteiger partial charge in [-0.3, -0.25) is 14.9 Å². The van der Waals surface area contributed by atoms with Crippen molar-refractivity contribution in [2.45, 2.75) is 18.9 Å². The first-order valence-electron chi connectivity index (χ1n) is 5.91. The first kappa shape index (κ1) is 12.9. The second-order valence-electron chi connectivity index (χ2n) is 4.52. The summed E-state index contributed by atoms with van der Waals surface area (Å²) >= 11 is 5.07. The van der Waals surface area contributed by atoms with Crippen LogP contribution in [0.3, 0.4) is 0 Å². The third-order valence-corrected chi connectivity index (χ3v) is 3.59. The van der Waals surface area contributed by atoms with Crippen LogP contribution in [0, 0.1) is 16.4 Å². The van der Waals surface area contributed by atoms with Gasteiger partial charge in [-0.25, -0.2) is 8.78 Å². The molecule has 1 aromatic heterocycles. The van der Waals surface area contributed by atoms with Gasteiger partial charge < -0.3 is 9.55 Å². The van der Waals surface area contributed by atoms with E-state index < -0.39 is 23.6 Å². The zero-order chi connectivity index (χ0) is 14.4. The van der Waals surface area contributed by atoms with E-state index in [4.69, 9.17) is 12.2 Å². The maximum atomic E-state index is 14.0. The summed E-state index contributed by atoms with van der Waals surface area (Å²) in [6.45, 7) is 0. The van der Waals surface area contributed by atoms with Crippen molar-refractivity contribution in [3.05, 3.63) is 28.5 Å². The molecule has 20 heavy (non-hydrogen) atoms. The number of imide groups is 1. The van der Waals surface area contributed by atoms with E-state index in [1.165, 1.54) is 10.6 Å². The largest absolute Gasteiger partial charge is 0.330 e. The maximum absolute atomic E-state index is 14.0. The molecule has 1 fully saturated rings. The molecular formula is C12H9F2N3O2S. The van der Waals surface area contributed by atoms with Gasteiger partial charge in [0.1, 0.15) is 11.6 Å². The molecule has 3 rings (SSSR count). The summed E-state index contributed by atoms with van der Waals surface area (Å²) in [6.07, 6.45) is 0.323. The topological polar surface area (TPSA) is 66.9 Å². The fourth-order valence-corrected chi connectivity index (χ4v) is 2.71. The number of rotatable bonds is 1. The van der Waals surface area contributed by atoms with Gasteiger partial charge in [0.05, 0.1) is 5.52 Å². The molecule has 2 N–H and O–H groups in total. The molecule has 0 saturated carbocycles. The Morgan fingerprint density at radius 3 is 2.75 bits per heavy atom. The summed E-state index contributed by atoms with van der Waals surface area (Å²) in [6, 6.07) is 1.51. The number of halogens is 2. The van der Waals surface area contributed by atoms with Crippen molar-refractivity contribution in [1.82, 2.24) is 14.9 Å². The van der Waals surface area contributed by atoms with Gasteiger partial charge in [0.2, 0.25) is 11.8 Å². The zero-order valence-electron chi connectivity index (χ0n) is 10.1. The molecule has 0 spiro atoms. The van der Waals surface area contributed by atoms with Crippen molar-refractivity contribution in [3.8, 4) is 0 Å². The van der Waals surface area contributed by atoms with Crippen molar-refractivity contribution in [2.75, 3.05) is 0 Å². The van der Waals surface area contributed by atoms with Crippen molar-refractivity contribution < 1.29 is 18.4 Å². The number of nitrogens with zero attached hydrogens (tertiary/aromatic N) is 1. The fourth-order valence-electron chi connectivity index (χ4n) is 2.38. The molecule has 104 valence electrons. The summed E-state index contributed by atoms with van der Waals surface area (Å²) in [5, 5.41) is 2.17. The third kappa shape index (κ3) is 1.83. The Kier molecular flexibility index (Phi) is 2.89. The molecule has 2 amide bonds. The lowest BCUT2D eigenvalue weighted by atomic mass is 10.1. The van der Waals surface area contributed by atoms with E-state index in [0.29, 0.717) is 5.52 Å². The van der Waals surface area contributed by atoms with Gasteiger partial charge in [-0.05, 0) is 30.8 Å². The Balaban J connectivity index is 2.23. The summed E-state index contributed by atoms with van der Waals surface area (Å²) in [5.41, 5.74) is 0.211. The van der Waals surface area contributed by atoms with E-state index in [9.17, 15) is 18.4 Å². The molecule has 5 nitrogen and oxygen atoms in total. The SMILES string of the molecule is O=C1CCC(n2c(=S)[nH]c3ccc(F)c(F)c32)C(=O)N1. The highest BCUT2D eigenvalue weighted by molar-refractivity contribution is 7.71. The highest BCUT2D eigenvalue weighted by Crippen LogP contribution is 2.27. The van der Waals surface area contributed by atoms with Crippen LogP contribution >= 0.6 is 12.2 Å². The number of piperidine rings is 1. The van der Waals surface area contributed by atoms with Crippen molar-refractivity contribution in [3.63, 3.8) is 0 Å². The van der Waals surface area contributed by atoms with E-state index >= 15 is 0 Å². The van der Waals surface area contributed by atoms with E-state index in [1.54, 1.807) is 0 Å². The number of carbonyl (C=O) groups excluding carboxylic acids is 2. The first-order chi connectivity index (χ1) is 9.49. The smallest absolute Gasteiger partial charge is 0.249 e. The van der Waals surface area contributed by atoms with Crippen molar-refractivity contribution in [1.29, 1.82) is 0 Å². The van der Waals surface area contributed by atoms with Gasteiger partial charge in [-0.15, -0.1) is 0 Å². The molecule has 8 heteroatoms. The lowest BCUT2D eigenvalue weighted by molar-refractivity contribution is -0.135. The third-order valence-electron chi connectivity index (χ3n) is 3.29. The van der Waals surface area contributed by atoms with Gasteiger partial charge in [-0.1, -0.05) is 0 Å². The number of nitrogens with one attached hydrogen (secondary N) is 2. The predicted molar refractivity (Wildman–Crippen MR) is 68.5 cm³/mol. The quantitative estimate of drug-likeness (QED) is 0.624. The number of hydrogen-bond acceptors (Lipinski definition) is 3. The van der Waals surface area contributed by atoms with Crippen molar-refractivity contribution in [2.24, 2.45) is 0 Å². The Labute approximate surface area is 116 Å². The standard InChI is InChI=1S/C12H9F2N3O2S/c13-5-1-2-6-10(9(5)14)17(12(20)15-6)7-3-4-8(18)16-11(7)19/h1-2,7H,3-4H2,(H,15,20)(H,16,18,19). The number of hydrogen-bond donors (Lipinski definition) is 2. The van der Waals surface area contributed by atoms with Crippen LogP contribution in [0.2, 0.25) is 0 Å². The number of aromatic amines is 1. The number of H-pyrrole nitrogens is 1. The minimum atomic E-state index is -1.07. The summed E-state index contributed by atoms with van der Waals surface area (Å²) < 4.78 is 28.7. The molecule has 1 saturated heterocycles. The second-order valence-corrected chi connectivity index (χ2v) is 4.91. The van der Waals surface area contributed by atoms with Gasteiger partial charge in [0, 0.05) is 6.42 Å². The average Bonchev–Trinajstić information content (AvgIpc) is 2.72. The number of aromatic nitrogens is 2. The Bertz CT molecular complexity index is 796. The molecule has 1 unspecified atom stereocenters. The minimum absolute atomic E-state index is 0.0931. The van der Waals surface area contributed by atoms with Gasteiger partial charge in [0.15, 0.2) is 16.4 Å². The van der Waals surface area contributed by atoms with Gasteiger partial charge in [-0.2, -0.15) is 0 Å². The predicted octanol–water partition coefficient (Wildman–Crippen LogP) is 1.95. The monoisotopic (exact) mass is 297 g/mol. The molecule has 1 atom stereocenters. The second kappa shape index (κ2) is 4.48. The van der Waals surface area contributed by atoms with Crippen LogP contribution in [0.15, 0.2) is 12.1 Å². The van der Waals surface area contributed by atoms with Crippen molar-refractivity contribution >= 4 is 35.1 Å². The maximum Gasteiger partial charge on any atom is 0.249 e. The molecule has 2 heterocycles. The normalized spacial score (nSPS) is 19.4. The summed E-state index contributed by atoms with van der Waals surface area (Å²) in [5.74, 6) is -3.04. The molecule has 1 aliphatic rings. The van der Waals surface area contributed by atoms with Crippen LogP contribution in [0.25, 0.3) is 11.0 Å². The fraction of sp³-hybridized carbons (Fsp3) is 0.250. The molecule has 1 aromatic carbocycles.